The van der Waals surface area contributed by atoms with Crippen LogP contribution in [0.25, 0.3) is 0 Å². The van der Waals surface area contributed by atoms with E-state index in [1.165, 1.54) is 23.5 Å². The first-order chi connectivity index (χ1) is 9.58. The third-order valence-electron chi connectivity index (χ3n) is 2.52. The number of carbonyl (C=O) groups is 2. The van der Waals surface area contributed by atoms with Crippen molar-refractivity contribution >= 4 is 29.0 Å². The predicted molar refractivity (Wildman–Crippen MR) is 73.5 cm³/mol. The Morgan fingerprint density at radius 3 is 2.75 bits per heavy atom. The van der Waals surface area contributed by atoms with E-state index in [-0.39, 0.29) is 17.8 Å². The van der Waals surface area contributed by atoms with E-state index in [0.29, 0.717) is 0 Å². The highest BCUT2D eigenvalue weighted by atomic mass is 32.1. The van der Waals surface area contributed by atoms with E-state index < -0.39 is 17.8 Å². The van der Waals surface area contributed by atoms with Gasteiger partial charge in [0.05, 0.1) is 11.3 Å². The van der Waals surface area contributed by atoms with Crippen molar-refractivity contribution in [1.82, 2.24) is 5.32 Å². The number of benzene rings is 1. The molecule has 1 heterocycles. The number of hydrogen-bond donors (Lipinski definition) is 3. The first-order valence-corrected chi connectivity index (χ1v) is 6.60. The van der Waals surface area contributed by atoms with E-state index >= 15 is 0 Å². The zero-order chi connectivity index (χ0) is 14.5. The molecule has 0 aliphatic heterocycles. The average molecular weight is 294 g/mol. The van der Waals surface area contributed by atoms with Gasteiger partial charge in [0.1, 0.15) is 5.82 Å². The summed E-state index contributed by atoms with van der Waals surface area (Å²) in [6.07, 6.45) is 0. The predicted octanol–water partition coefficient (Wildman–Crippen LogP) is 2.91. The van der Waals surface area contributed by atoms with Crippen LogP contribution in [0.5, 0.6) is 0 Å². The summed E-state index contributed by atoms with van der Waals surface area (Å²) in [7, 11) is 0. The number of anilines is 1. The highest BCUT2D eigenvalue weighted by Crippen LogP contribution is 2.19. The van der Waals surface area contributed by atoms with E-state index in [1.807, 2.05) is 16.8 Å². The van der Waals surface area contributed by atoms with Crippen molar-refractivity contribution in [2.45, 2.75) is 6.54 Å². The molecule has 20 heavy (non-hydrogen) atoms. The molecule has 2 amide bonds. The number of hydrogen-bond acceptors (Lipinski definition) is 3. The fourth-order valence-electron chi connectivity index (χ4n) is 1.56. The maximum Gasteiger partial charge on any atom is 0.337 e. The number of nitrogens with one attached hydrogen (secondary N) is 2. The number of para-hydroxylation sites is 1. The van der Waals surface area contributed by atoms with Gasteiger partial charge in [0, 0.05) is 6.54 Å². The summed E-state index contributed by atoms with van der Waals surface area (Å²) in [6.45, 7) is 0.284. The number of halogens is 1. The van der Waals surface area contributed by atoms with Crippen LogP contribution < -0.4 is 10.6 Å². The van der Waals surface area contributed by atoms with Crippen molar-refractivity contribution in [3.8, 4) is 0 Å². The zero-order valence-electron chi connectivity index (χ0n) is 10.2. The van der Waals surface area contributed by atoms with E-state index in [2.05, 4.69) is 10.6 Å². The highest BCUT2D eigenvalue weighted by Gasteiger charge is 2.16. The molecule has 3 N–H and O–H groups in total. The van der Waals surface area contributed by atoms with Gasteiger partial charge in [0.2, 0.25) is 0 Å². The molecule has 2 aromatic rings. The van der Waals surface area contributed by atoms with Crippen LogP contribution in [0.15, 0.2) is 35.0 Å². The van der Waals surface area contributed by atoms with Crippen molar-refractivity contribution in [1.29, 1.82) is 0 Å². The monoisotopic (exact) mass is 294 g/mol. The van der Waals surface area contributed by atoms with Gasteiger partial charge in [-0.1, -0.05) is 6.07 Å². The number of carboxylic acids is 1. The Morgan fingerprint density at radius 1 is 1.30 bits per heavy atom. The van der Waals surface area contributed by atoms with Gasteiger partial charge in [-0.25, -0.2) is 14.0 Å². The van der Waals surface area contributed by atoms with Crippen LogP contribution in [0.2, 0.25) is 0 Å². The molecule has 0 radical (unpaired) electrons. The second-order valence-electron chi connectivity index (χ2n) is 3.91. The zero-order valence-corrected chi connectivity index (χ0v) is 11.0. The summed E-state index contributed by atoms with van der Waals surface area (Å²) < 4.78 is 13.6. The Balaban J connectivity index is 2.06. The Kier molecular flexibility index (Phi) is 4.31. The van der Waals surface area contributed by atoms with Crippen molar-refractivity contribution in [3.05, 3.63) is 52.0 Å². The lowest BCUT2D eigenvalue weighted by Gasteiger charge is -2.10. The summed E-state index contributed by atoms with van der Waals surface area (Å²) in [5, 5.41) is 17.4. The number of rotatable bonds is 4. The molecule has 2 rings (SSSR count). The Hall–Kier alpha value is -2.41. The summed E-state index contributed by atoms with van der Waals surface area (Å²) in [5.74, 6) is -2.10. The molecular formula is C13H11FN2O3S. The molecule has 7 heteroatoms. The molecule has 0 saturated heterocycles. The van der Waals surface area contributed by atoms with E-state index in [9.17, 15) is 14.0 Å². The van der Waals surface area contributed by atoms with Crippen LogP contribution in [0.4, 0.5) is 14.9 Å². The first-order valence-electron chi connectivity index (χ1n) is 5.65. The first kappa shape index (κ1) is 14.0. The third-order valence-corrected chi connectivity index (χ3v) is 3.25. The lowest BCUT2D eigenvalue weighted by molar-refractivity contribution is 0.0697. The standard InChI is InChI=1S/C13H11FN2O3S/c14-10-3-1-2-9(12(17)18)11(10)16-13(19)15-6-8-4-5-20-7-8/h1-5,7H,6H2,(H,17,18)(H2,15,16,19). The number of amides is 2. The maximum atomic E-state index is 13.6. The molecule has 1 aromatic carbocycles. The quantitative estimate of drug-likeness (QED) is 0.811. The van der Waals surface area contributed by atoms with E-state index in [4.69, 9.17) is 5.11 Å². The van der Waals surface area contributed by atoms with Gasteiger partial charge in [0.15, 0.2) is 0 Å². The van der Waals surface area contributed by atoms with Crippen LogP contribution in [-0.2, 0) is 6.54 Å². The van der Waals surface area contributed by atoms with Crippen molar-refractivity contribution in [3.63, 3.8) is 0 Å². The second kappa shape index (κ2) is 6.16. The van der Waals surface area contributed by atoms with Crippen LogP contribution in [-0.4, -0.2) is 17.1 Å². The molecule has 1 aromatic heterocycles. The van der Waals surface area contributed by atoms with Crippen LogP contribution in [0.1, 0.15) is 15.9 Å². The number of aromatic carboxylic acids is 1. The van der Waals surface area contributed by atoms with Gasteiger partial charge >= 0.3 is 12.0 Å². The smallest absolute Gasteiger partial charge is 0.337 e. The fourth-order valence-corrected chi connectivity index (χ4v) is 2.23. The van der Waals surface area contributed by atoms with Gasteiger partial charge in [-0.15, -0.1) is 0 Å². The fraction of sp³-hybridized carbons (Fsp3) is 0.0769. The molecule has 0 atom stereocenters. The number of carbonyl (C=O) groups excluding carboxylic acids is 1. The Labute approximate surface area is 118 Å². The minimum atomic E-state index is -1.31. The Bertz CT molecular complexity index is 629. The molecular weight excluding hydrogens is 283 g/mol. The van der Waals surface area contributed by atoms with Crippen LogP contribution in [0.3, 0.4) is 0 Å². The summed E-state index contributed by atoms with van der Waals surface area (Å²) in [5.41, 5.74) is 0.274. The molecule has 5 nitrogen and oxygen atoms in total. The van der Waals surface area contributed by atoms with Crippen LogP contribution >= 0.6 is 11.3 Å². The Morgan fingerprint density at radius 2 is 2.10 bits per heavy atom. The lowest BCUT2D eigenvalue weighted by Crippen LogP contribution is -2.29. The van der Waals surface area contributed by atoms with Gasteiger partial charge in [-0.2, -0.15) is 11.3 Å². The minimum Gasteiger partial charge on any atom is -0.478 e. The van der Waals surface area contributed by atoms with Gasteiger partial charge in [-0.05, 0) is 34.5 Å². The summed E-state index contributed by atoms with van der Waals surface area (Å²) in [6, 6.07) is 4.76. The topological polar surface area (TPSA) is 78.4 Å². The minimum absolute atomic E-state index is 0.284. The second-order valence-corrected chi connectivity index (χ2v) is 4.69. The third kappa shape index (κ3) is 3.33. The van der Waals surface area contributed by atoms with Gasteiger partial charge in [0.25, 0.3) is 0 Å². The van der Waals surface area contributed by atoms with E-state index in [1.54, 1.807) is 0 Å². The van der Waals surface area contributed by atoms with Gasteiger partial charge < -0.3 is 15.7 Å². The number of urea groups is 1. The molecule has 0 fully saturated rings. The molecule has 0 spiro atoms. The van der Waals surface area contributed by atoms with Crippen molar-refractivity contribution < 1.29 is 19.1 Å². The SMILES string of the molecule is O=C(NCc1ccsc1)Nc1c(F)cccc1C(=O)O. The van der Waals surface area contributed by atoms with Crippen LogP contribution in [0, 0.1) is 5.82 Å². The molecule has 0 saturated carbocycles. The summed E-state index contributed by atoms with van der Waals surface area (Å²) in [4.78, 5) is 22.6. The average Bonchev–Trinajstić information content (AvgIpc) is 2.91. The number of carboxylic acid groups (broad SMARTS) is 1. The molecule has 0 bridgehead atoms. The summed E-state index contributed by atoms with van der Waals surface area (Å²) >= 11 is 1.49. The largest absolute Gasteiger partial charge is 0.478 e. The van der Waals surface area contributed by atoms with Crippen molar-refractivity contribution in [2.24, 2.45) is 0 Å². The van der Waals surface area contributed by atoms with E-state index in [0.717, 1.165) is 11.6 Å². The molecule has 104 valence electrons. The number of thiophene rings is 1. The normalized spacial score (nSPS) is 10.1. The van der Waals surface area contributed by atoms with Gasteiger partial charge in [-0.3, -0.25) is 0 Å². The lowest BCUT2D eigenvalue weighted by atomic mass is 10.1. The van der Waals surface area contributed by atoms with Crippen molar-refractivity contribution in [2.75, 3.05) is 5.32 Å². The highest BCUT2D eigenvalue weighted by molar-refractivity contribution is 7.07. The molecule has 0 aliphatic rings. The molecule has 0 unspecified atom stereocenters. The molecule has 0 aliphatic carbocycles. The maximum absolute atomic E-state index is 13.6.